The highest BCUT2D eigenvalue weighted by Crippen LogP contribution is 2.38. The van der Waals surface area contributed by atoms with E-state index < -0.39 is 17.8 Å². The number of aliphatic carboxylic acids is 1. The summed E-state index contributed by atoms with van der Waals surface area (Å²) in [6.45, 7) is 3.85. The van der Waals surface area contributed by atoms with E-state index in [0.29, 0.717) is 41.5 Å². The molecule has 3 aliphatic rings. The van der Waals surface area contributed by atoms with Crippen LogP contribution in [0.4, 0.5) is 11.4 Å². The number of hydrogen-bond acceptors (Lipinski definition) is 8. The second-order valence-corrected chi connectivity index (χ2v) is 14.4. The first kappa shape index (κ1) is 35.4. The predicted octanol–water partition coefficient (Wildman–Crippen LogP) is 5.14. The molecule has 1 fully saturated rings. The Hall–Kier alpha value is -5.03. The average molecular weight is 724 g/mol. The molecule has 7 rings (SSSR count). The Bertz CT molecular complexity index is 2090. The van der Waals surface area contributed by atoms with Crippen molar-refractivity contribution in [2.75, 3.05) is 30.3 Å². The van der Waals surface area contributed by atoms with Crippen molar-refractivity contribution in [3.8, 4) is 17.2 Å². The SMILES string of the molecule is Cn1c(C(=O)Nc2cccc(-c3cccc(NC(=O)c4nc5c(n4C)CCN(CCC4CCC(C(=O)O)CC4)C5)c3C#N)c2Cl)nc2c1CCNC2. The van der Waals surface area contributed by atoms with Crippen LogP contribution < -0.4 is 16.0 Å². The largest absolute Gasteiger partial charge is 0.481 e. The van der Waals surface area contributed by atoms with E-state index >= 15 is 0 Å². The number of imidazole rings is 2. The molecule has 1 aliphatic carbocycles. The number of halogens is 1. The number of nitrogens with one attached hydrogen (secondary N) is 3. The summed E-state index contributed by atoms with van der Waals surface area (Å²) in [6, 6.07) is 12.6. The zero-order valence-electron chi connectivity index (χ0n) is 29.3. The summed E-state index contributed by atoms with van der Waals surface area (Å²) in [5, 5.41) is 29.0. The van der Waals surface area contributed by atoms with Crippen LogP contribution in [0.15, 0.2) is 36.4 Å². The van der Waals surface area contributed by atoms with E-state index in [1.54, 1.807) is 36.4 Å². The molecular formula is C38H42ClN9O4. The zero-order chi connectivity index (χ0) is 36.5. The molecule has 2 aromatic carbocycles. The van der Waals surface area contributed by atoms with Crippen molar-refractivity contribution < 1.29 is 19.5 Å². The topological polar surface area (TPSA) is 170 Å². The fourth-order valence-electron chi connectivity index (χ4n) is 7.89. The van der Waals surface area contributed by atoms with Gasteiger partial charge in [-0.2, -0.15) is 5.26 Å². The van der Waals surface area contributed by atoms with Crippen molar-refractivity contribution >= 4 is 40.8 Å². The molecule has 4 heterocycles. The van der Waals surface area contributed by atoms with Gasteiger partial charge in [-0.15, -0.1) is 0 Å². The van der Waals surface area contributed by atoms with Crippen LogP contribution in [0.3, 0.4) is 0 Å². The van der Waals surface area contributed by atoms with Gasteiger partial charge in [0.1, 0.15) is 6.07 Å². The van der Waals surface area contributed by atoms with Crippen molar-refractivity contribution in [3.63, 3.8) is 0 Å². The lowest BCUT2D eigenvalue weighted by molar-refractivity contribution is -0.143. The van der Waals surface area contributed by atoms with Gasteiger partial charge in [0.25, 0.3) is 11.8 Å². The van der Waals surface area contributed by atoms with Crippen molar-refractivity contribution in [2.45, 2.75) is 58.0 Å². The van der Waals surface area contributed by atoms with E-state index in [9.17, 15) is 24.8 Å². The van der Waals surface area contributed by atoms with Gasteiger partial charge in [-0.1, -0.05) is 35.9 Å². The van der Waals surface area contributed by atoms with Crippen LogP contribution in [-0.4, -0.2) is 66.5 Å². The minimum Gasteiger partial charge on any atom is -0.481 e. The third kappa shape index (κ3) is 6.93. The summed E-state index contributed by atoms with van der Waals surface area (Å²) in [5.41, 5.74) is 5.73. The number of fused-ring (bicyclic) bond motifs is 2. The molecule has 0 bridgehead atoms. The Morgan fingerprint density at radius 1 is 0.923 bits per heavy atom. The second-order valence-electron chi connectivity index (χ2n) is 14.0. The first-order valence-corrected chi connectivity index (χ1v) is 18.2. The van der Waals surface area contributed by atoms with Crippen LogP contribution >= 0.6 is 11.6 Å². The zero-order valence-corrected chi connectivity index (χ0v) is 30.1. The molecule has 270 valence electrons. The number of nitrogens with zero attached hydrogens (tertiary/aromatic N) is 6. The number of carboxylic acid groups (broad SMARTS) is 1. The molecule has 2 aromatic heterocycles. The third-order valence-electron chi connectivity index (χ3n) is 10.9. The molecule has 4 aromatic rings. The maximum Gasteiger partial charge on any atom is 0.306 e. The molecule has 52 heavy (non-hydrogen) atoms. The Kier molecular flexibility index (Phi) is 10.1. The van der Waals surface area contributed by atoms with Gasteiger partial charge in [0.2, 0.25) is 0 Å². The monoisotopic (exact) mass is 723 g/mol. The van der Waals surface area contributed by atoms with E-state index in [1.807, 2.05) is 23.2 Å². The number of carbonyl (C=O) groups is 3. The lowest BCUT2D eigenvalue weighted by Gasteiger charge is -2.30. The first-order chi connectivity index (χ1) is 25.1. The van der Waals surface area contributed by atoms with Crippen LogP contribution in [0.5, 0.6) is 0 Å². The normalized spacial score (nSPS) is 18.6. The minimum atomic E-state index is -0.678. The van der Waals surface area contributed by atoms with E-state index in [4.69, 9.17) is 16.6 Å². The summed E-state index contributed by atoms with van der Waals surface area (Å²) < 4.78 is 3.65. The Morgan fingerprint density at radius 2 is 1.56 bits per heavy atom. The van der Waals surface area contributed by atoms with Crippen LogP contribution in [0.1, 0.15) is 81.7 Å². The number of carbonyl (C=O) groups excluding carboxylic acids is 2. The summed E-state index contributed by atoms with van der Waals surface area (Å²) >= 11 is 6.89. The highest BCUT2D eigenvalue weighted by molar-refractivity contribution is 6.36. The van der Waals surface area contributed by atoms with Gasteiger partial charge < -0.3 is 30.2 Å². The quantitative estimate of drug-likeness (QED) is 0.183. The molecular weight excluding hydrogens is 682 g/mol. The average Bonchev–Trinajstić information content (AvgIpc) is 3.67. The van der Waals surface area contributed by atoms with Gasteiger partial charge in [-0.05, 0) is 56.7 Å². The second kappa shape index (κ2) is 14.9. The molecule has 0 atom stereocenters. The number of nitriles is 1. The molecule has 0 unspecified atom stereocenters. The van der Waals surface area contributed by atoms with Crippen molar-refractivity contribution in [1.29, 1.82) is 5.26 Å². The van der Waals surface area contributed by atoms with Gasteiger partial charge >= 0.3 is 5.97 Å². The molecule has 1 saturated carbocycles. The maximum absolute atomic E-state index is 13.7. The standard InChI is InChI=1S/C38H42ClN9O4/c1-46-31-13-16-41-20-29(31)42-34(46)37(50)45-28-8-4-6-25(33(28)39)24-5-3-7-27(26(24)19-40)44-36(49)35-43-30-21-48(18-15-32(30)47(35)2)17-14-22-9-11-23(12-10-22)38(51)52/h3-8,22-23,41H,9-18,20-21H2,1-2H3,(H,44,49)(H,45,50)(H,51,52). The molecule has 2 amide bonds. The fourth-order valence-corrected chi connectivity index (χ4v) is 8.17. The number of carboxylic acids is 1. The molecule has 14 heteroatoms. The number of anilines is 2. The molecule has 0 spiro atoms. The van der Waals surface area contributed by atoms with Gasteiger partial charge in [-0.3, -0.25) is 19.3 Å². The molecule has 13 nitrogen and oxygen atoms in total. The maximum atomic E-state index is 13.7. The number of amides is 2. The van der Waals surface area contributed by atoms with E-state index in [-0.39, 0.29) is 28.2 Å². The highest BCUT2D eigenvalue weighted by Gasteiger charge is 2.29. The summed E-state index contributed by atoms with van der Waals surface area (Å²) in [5.74, 6) is -0.601. The van der Waals surface area contributed by atoms with Crippen LogP contribution in [0, 0.1) is 23.2 Å². The van der Waals surface area contributed by atoms with Crippen LogP contribution in [0.25, 0.3) is 11.1 Å². The summed E-state index contributed by atoms with van der Waals surface area (Å²) in [7, 11) is 3.67. The molecule has 2 aliphatic heterocycles. The summed E-state index contributed by atoms with van der Waals surface area (Å²) in [6.07, 6.45) is 5.99. The van der Waals surface area contributed by atoms with Gasteiger partial charge in [-0.25, -0.2) is 9.97 Å². The fraction of sp³-hybridized carbons (Fsp3) is 0.421. The predicted molar refractivity (Wildman–Crippen MR) is 196 cm³/mol. The first-order valence-electron chi connectivity index (χ1n) is 17.8. The number of rotatable bonds is 9. The highest BCUT2D eigenvalue weighted by atomic mass is 35.5. The summed E-state index contributed by atoms with van der Waals surface area (Å²) in [4.78, 5) is 50.0. The smallest absolute Gasteiger partial charge is 0.306 e. The number of benzene rings is 2. The minimum absolute atomic E-state index is 0.205. The van der Waals surface area contributed by atoms with Crippen molar-refractivity contribution in [3.05, 3.63) is 81.4 Å². The lowest BCUT2D eigenvalue weighted by atomic mass is 9.80. The molecule has 0 radical (unpaired) electrons. The van der Waals surface area contributed by atoms with E-state index in [2.05, 4.69) is 31.9 Å². The third-order valence-corrected chi connectivity index (χ3v) is 11.3. The number of hydrogen-bond donors (Lipinski definition) is 4. The Labute approximate surface area is 307 Å². The Balaban J connectivity index is 1.04. The van der Waals surface area contributed by atoms with E-state index in [0.717, 1.165) is 87.4 Å². The van der Waals surface area contributed by atoms with E-state index in [1.165, 1.54) is 0 Å². The Morgan fingerprint density at radius 3 is 2.23 bits per heavy atom. The van der Waals surface area contributed by atoms with Crippen LogP contribution in [-0.2, 0) is 44.8 Å². The number of aromatic nitrogens is 4. The van der Waals surface area contributed by atoms with Gasteiger partial charge in [0.05, 0.1) is 39.3 Å². The van der Waals surface area contributed by atoms with Crippen molar-refractivity contribution in [1.82, 2.24) is 29.3 Å². The molecule has 4 N–H and O–H groups in total. The van der Waals surface area contributed by atoms with Gasteiger partial charge in [0.15, 0.2) is 11.6 Å². The van der Waals surface area contributed by atoms with Gasteiger partial charge in [0, 0.05) is 75.6 Å². The van der Waals surface area contributed by atoms with Crippen LogP contribution in [0.2, 0.25) is 5.02 Å². The van der Waals surface area contributed by atoms with Crippen molar-refractivity contribution in [2.24, 2.45) is 25.9 Å². The molecule has 0 saturated heterocycles. The lowest BCUT2D eigenvalue weighted by Crippen LogP contribution is -2.33.